The number of amides is 1. The molecule has 0 unspecified atom stereocenters. The molecule has 1 aromatic heterocycles. The summed E-state index contributed by atoms with van der Waals surface area (Å²) in [4.78, 5) is 26.5. The smallest absolute Gasteiger partial charge is 0.337 e. The number of nitrogens with one attached hydrogen (secondary N) is 1. The van der Waals surface area contributed by atoms with Gasteiger partial charge in [-0.1, -0.05) is 18.2 Å². The van der Waals surface area contributed by atoms with Crippen molar-refractivity contribution in [3.05, 3.63) is 76.1 Å². The summed E-state index contributed by atoms with van der Waals surface area (Å²) in [5.74, 6) is -1.30. The SMILES string of the molecule is CCn1nc(C)c(CCN(C)c2ccc(NC(=O)c3ccccc3C)cc2C(=O)O)c1C. The minimum Gasteiger partial charge on any atom is -0.478 e. The zero-order valence-corrected chi connectivity index (χ0v) is 19.3. The first-order valence-corrected chi connectivity index (χ1v) is 10.7. The second kappa shape index (κ2) is 9.68. The van der Waals surface area contributed by atoms with E-state index < -0.39 is 5.97 Å². The minimum absolute atomic E-state index is 0.146. The molecule has 3 aromatic rings. The highest BCUT2D eigenvalue weighted by molar-refractivity contribution is 6.06. The molecule has 3 rings (SSSR count). The van der Waals surface area contributed by atoms with E-state index in [2.05, 4.69) is 24.3 Å². The first-order chi connectivity index (χ1) is 15.2. The van der Waals surface area contributed by atoms with Crippen molar-refractivity contribution in [2.45, 2.75) is 40.7 Å². The van der Waals surface area contributed by atoms with Gasteiger partial charge >= 0.3 is 5.97 Å². The van der Waals surface area contributed by atoms with Gasteiger partial charge in [-0.25, -0.2) is 4.79 Å². The van der Waals surface area contributed by atoms with Crippen molar-refractivity contribution in [1.82, 2.24) is 9.78 Å². The largest absolute Gasteiger partial charge is 0.478 e. The molecule has 2 aromatic carbocycles. The molecule has 0 aliphatic heterocycles. The van der Waals surface area contributed by atoms with Crippen LogP contribution in [0.5, 0.6) is 0 Å². The van der Waals surface area contributed by atoms with Crippen molar-refractivity contribution in [2.24, 2.45) is 0 Å². The van der Waals surface area contributed by atoms with E-state index >= 15 is 0 Å². The third-order valence-corrected chi connectivity index (χ3v) is 5.81. The summed E-state index contributed by atoms with van der Waals surface area (Å²) in [6, 6.07) is 12.3. The number of carbonyl (C=O) groups is 2. The van der Waals surface area contributed by atoms with Gasteiger partial charge in [-0.3, -0.25) is 9.48 Å². The predicted molar refractivity (Wildman–Crippen MR) is 127 cm³/mol. The quantitative estimate of drug-likeness (QED) is 0.547. The fourth-order valence-electron chi connectivity index (χ4n) is 3.95. The molecule has 0 aliphatic carbocycles. The number of benzene rings is 2. The van der Waals surface area contributed by atoms with Gasteiger partial charge in [-0.2, -0.15) is 5.10 Å². The average Bonchev–Trinajstić information content (AvgIpc) is 3.04. The summed E-state index contributed by atoms with van der Waals surface area (Å²) in [5.41, 5.74) is 5.95. The Morgan fingerprint density at radius 1 is 1.09 bits per heavy atom. The van der Waals surface area contributed by atoms with Crippen LogP contribution < -0.4 is 10.2 Å². The topological polar surface area (TPSA) is 87.5 Å². The number of hydrogen-bond donors (Lipinski definition) is 2. The van der Waals surface area contributed by atoms with Gasteiger partial charge in [0.1, 0.15) is 0 Å². The van der Waals surface area contributed by atoms with Crippen molar-refractivity contribution in [2.75, 3.05) is 23.8 Å². The Hall–Kier alpha value is -3.61. The number of carbonyl (C=O) groups excluding carboxylic acids is 1. The third kappa shape index (κ3) is 4.82. The molecule has 7 heteroatoms. The van der Waals surface area contributed by atoms with Gasteiger partial charge in [0.25, 0.3) is 5.91 Å². The Kier molecular flexibility index (Phi) is 6.98. The highest BCUT2D eigenvalue weighted by Gasteiger charge is 2.18. The van der Waals surface area contributed by atoms with Crippen molar-refractivity contribution in [3.63, 3.8) is 0 Å². The van der Waals surface area contributed by atoms with Crippen molar-refractivity contribution >= 4 is 23.3 Å². The summed E-state index contributed by atoms with van der Waals surface area (Å²) < 4.78 is 1.99. The maximum atomic E-state index is 12.6. The molecule has 1 amide bonds. The molecule has 0 spiro atoms. The fourth-order valence-corrected chi connectivity index (χ4v) is 3.95. The van der Waals surface area contributed by atoms with Crippen LogP contribution in [0.1, 0.15) is 50.2 Å². The summed E-state index contributed by atoms with van der Waals surface area (Å²) >= 11 is 0. The van der Waals surface area contributed by atoms with E-state index in [1.807, 2.05) is 42.6 Å². The first-order valence-electron chi connectivity index (χ1n) is 10.7. The van der Waals surface area contributed by atoms with E-state index in [0.717, 1.165) is 29.9 Å². The number of aromatic nitrogens is 2. The highest BCUT2D eigenvalue weighted by atomic mass is 16.4. The van der Waals surface area contributed by atoms with E-state index in [9.17, 15) is 14.7 Å². The lowest BCUT2D eigenvalue weighted by atomic mass is 10.1. The monoisotopic (exact) mass is 434 g/mol. The Labute approximate surface area is 188 Å². The van der Waals surface area contributed by atoms with Crippen molar-refractivity contribution in [3.8, 4) is 0 Å². The maximum Gasteiger partial charge on any atom is 0.337 e. The number of hydrogen-bond acceptors (Lipinski definition) is 4. The minimum atomic E-state index is -1.04. The molecule has 7 nitrogen and oxygen atoms in total. The van der Waals surface area contributed by atoms with Gasteiger partial charge in [0.15, 0.2) is 0 Å². The van der Waals surface area contributed by atoms with Crippen LogP contribution in [0, 0.1) is 20.8 Å². The zero-order valence-electron chi connectivity index (χ0n) is 19.3. The molecule has 0 bridgehead atoms. The molecule has 0 saturated carbocycles. The molecule has 168 valence electrons. The van der Waals surface area contributed by atoms with Crippen LogP contribution in [0.25, 0.3) is 0 Å². The van der Waals surface area contributed by atoms with Gasteiger partial charge in [0, 0.05) is 37.1 Å². The zero-order chi connectivity index (χ0) is 23.4. The van der Waals surface area contributed by atoms with Crippen LogP contribution in [-0.4, -0.2) is 40.4 Å². The average molecular weight is 435 g/mol. The number of rotatable bonds is 8. The number of likely N-dealkylation sites (N-methyl/N-ethyl adjacent to an activating group) is 1. The Morgan fingerprint density at radius 2 is 1.81 bits per heavy atom. The van der Waals surface area contributed by atoms with Crippen molar-refractivity contribution in [1.29, 1.82) is 0 Å². The second-order valence-electron chi connectivity index (χ2n) is 7.94. The summed E-state index contributed by atoms with van der Waals surface area (Å²) in [6.45, 7) is 9.46. The maximum absolute atomic E-state index is 12.6. The summed E-state index contributed by atoms with van der Waals surface area (Å²) in [5, 5.41) is 17.2. The van der Waals surface area contributed by atoms with Crippen LogP contribution in [0.15, 0.2) is 42.5 Å². The number of aryl methyl sites for hydroxylation is 3. The summed E-state index contributed by atoms with van der Waals surface area (Å²) in [7, 11) is 1.88. The number of carboxylic acids is 1. The molecular weight excluding hydrogens is 404 g/mol. The van der Waals surface area contributed by atoms with E-state index in [0.29, 0.717) is 23.5 Å². The normalized spacial score (nSPS) is 10.8. The summed E-state index contributed by atoms with van der Waals surface area (Å²) in [6.07, 6.45) is 0.763. The molecule has 0 radical (unpaired) electrons. The van der Waals surface area contributed by atoms with Crippen LogP contribution in [0.2, 0.25) is 0 Å². The van der Waals surface area contributed by atoms with Gasteiger partial charge in [0.05, 0.1) is 16.9 Å². The van der Waals surface area contributed by atoms with E-state index in [1.165, 1.54) is 11.6 Å². The lowest BCUT2D eigenvalue weighted by Crippen LogP contribution is -2.23. The third-order valence-electron chi connectivity index (χ3n) is 5.81. The number of aromatic carboxylic acids is 1. The Balaban J connectivity index is 1.78. The molecule has 0 atom stereocenters. The first kappa shape index (κ1) is 23.1. The molecule has 1 heterocycles. The van der Waals surface area contributed by atoms with Crippen LogP contribution in [0.4, 0.5) is 11.4 Å². The van der Waals surface area contributed by atoms with Gasteiger partial charge < -0.3 is 15.3 Å². The van der Waals surface area contributed by atoms with Gasteiger partial charge in [0.2, 0.25) is 0 Å². The van der Waals surface area contributed by atoms with Gasteiger partial charge in [-0.15, -0.1) is 0 Å². The van der Waals surface area contributed by atoms with E-state index in [1.54, 1.807) is 24.3 Å². The fraction of sp³-hybridized carbons (Fsp3) is 0.320. The number of carboxylic acid groups (broad SMARTS) is 1. The Morgan fingerprint density at radius 3 is 2.44 bits per heavy atom. The molecule has 32 heavy (non-hydrogen) atoms. The van der Waals surface area contributed by atoms with Gasteiger partial charge in [-0.05, 0) is 69.5 Å². The lowest BCUT2D eigenvalue weighted by Gasteiger charge is -2.22. The lowest BCUT2D eigenvalue weighted by molar-refractivity contribution is 0.0697. The Bertz CT molecular complexity index is 1150. The number of nitrogens with zero attached hydrogens (tertiary/aromatic N) is 3. The van der Waals surface area contributed by atoms with E-state index in [4.69, 9.17) is 0 Å². The van der Waals surface area contributed by atoms with Crippen LogP contribution in [-0.2, 0) is 13.0 Å². The highest BCUT2D eigenvalue weighted by Crippen LogP contribution is 2.25. The molecule has 0 aliphatic rings. The number of anilines is 2. The standard InChI is InChI=1S/C25H30N4O3/c1-6-29-18(4)21(17(3)27-29)13-14-28(5)23-12-11-19(15-22(23)25(31)32)26-24(30)20-10-8-7-9-16(20)2/h7-12,15H,6,13-14H2,1-5H3,(H,26,30)(H,31,32). The molecule has 2 N–H and O–H groups in total. The molecule has 0 saturated heterocycles. The van der Waals surface area contributed by atoms with Crippen LogP contribution >= 0.6 is 0 Å². The second-order valence-corrected chi connectivity index (χ2v) is 7.94. The van der Waals surface area contributed by atoms with E-state index in [-0.39, 0.29) is 11.5 Å². The molecular formula is C25H30N4O3. The van der Waals surface area contributed by atoms with Crippen LogP contribution in [0.3, 0.4) is 0 Å². The molecule has 0 fully saturated rings. The predicted octanol–water partition coefficient (Wildman–Crippen LogP) is 4.46. The van der Waals surface area contributed by atoms with Crippen molar-refractivity contribution < 1.29 is 14.7 Å².